The highest BCUT2D eigenvalue weighted by Gasteiger charge is 2.24. The van der Waals surface area contributed by atoms with Gasteiger partial charge in [0.25, 0.3) is 0 Å². The molecular weight excluding hydrogens is 440 g/mol. The molecule has 0 aliphatic carbocycles. The van der Waals surface area contributed by atoms with Crippen LogP contribution in [-0.4, -0.2) is 32.1 Å². The van der Waals surface area contributed by atoms with Crippen molar-refractivity contribution in [1.29, 1.82) is 0 Å². The molecule has 4 aromatic rings. The third kappa shape index (κ3) is 3.96. The van der Waals surface area contributed by atoms with Crippen LogP contribution in [0.5, 0.6) is 0 Å². The van der Waals surface area contributed by atoms with E-state index in [4.69, 9.17) is 21.7 Å². The summed E-state index contributed by atoms with van der Waals surface area (Å²) in [5.74, 6) is 0.145. The molecule has 0 bridgehead atoms. The minimum absolute atomic E-state index is 0.145. The molecule has 5 rings (SSSR count). The highest BCUT2D eigenvalue weighted by Crippen LogP contribution is 2.28. The molecule has 0 unspecified atom stereocenters. The SMILES string of the molecule is Cc1nn(-c2nc(-c3ccc(Cl)cc3)cs2)c(C)c1CC(=O)N1CCc2ccccc2C1. The Labute approximate surface area is 196 Å². The van der Waals surface area contributed by atoms with Gasteiger partial charge < -0.3 is 4.90 Å². The first-order valence-electron chi connectivity index (χ1n) is 10.6. The van der Waals surface area contributed by atoms with E-state index in [1.807, 2.05) is 59.1 Å². The zero-order valence-corrected chi connectivity index (χ0v) is 19.6. The number of rotatable bonds is 4. The maximum absolute atomic E-state index is 13.1. The number of carbonyl (C=O) groups is 1. The van der Waals surface area contributed by atoms with E-state index in [9.17, 15) is 4.79 Å². The van der Waals surface area contributed by atoms with Crippen molar-refractivity contribution in [3.63, 3.8) is 0 Å². The van der Waals surface area contributed by atoms with Crippen molar-refractivity contribution in [3.8, 4) is 16.4 Å². The summed E-state index contributed by atoms with van der Waals surface area (Å²) in [7, 11) is 0. The second-order valence-corrected chi connectivity index (χ2v) is 9.37. The molecule has 2 aromatic carbocycles. The molecule has 1 amide bonds. The minimum Gasteiger partial charge on any atom is -0.338 e. The third-order valence-electron chi connectivity index (χ3n) is 6.07. The standard InChI is InChI=1S/C25H23ClN4OS/c1-16-22(13-24(31)29-12-11-18-5-3-4-6-20(18)14-29)17(2)30(28-16)25-27-23(15-32-25)19-7-9-21(26)10-8-19/h3-10,15H,11-14H2,1-2H3. The molecule has 5 nitrogen and oxygen atoms in total. The lowest BCUT2D eigenvalue weighted by Crippen LogP contribution is -2.37. The van der Waals surface area contributed by atoms with E-state index in [-0.39, 0.29) is 5.91 Å². The molecule has 0 atom stereocenters. The van der Waals surface area contributed by atoms with E-state index in [0.717, 1.165) is 46.3 Å². The first-order chi connectivity index (χ1) is 15.5. The van der Waals surface area contributed by atoms with E-state index >= 15 is 0 Å². The van der Waals surface area contributed by atoms with Crippen LogP contribution in [0.3, 0.4) is 0 Å². The molecule has 1 aliphatic heterocycles. The number of hydrogen-bond acceptors (Lipinski definition) is 4. The number of thiazole rings is 1. The Morgan fingerprint density at radius 1 is 1.09 bits per heavy atom. The van der Waals surface area contributed by atoms with Crippen molar-refractivity contribution in [2.45, 2.75) is 33.2 Å². The van der Waals surface area contributed by atoms with Crippen LogP contribution in [0.2, 0.25) is 5.02 Å². The summed E-state index contributed by atoms with van der Waals surface area (Å²) < 4.78 is 1.85. The molecule has 0 saturated heterocycles. The van der Waals surface area contributed by atoms with E-state index in [1.54, 1.807) is 0 Å². The van der Waals surface area contributed by atoms with Crippen LogP contribution in [0.4, 0.5) is 0 Å². The fraction of sp³-hybridized carbons (Fsp3) is 0.240. The van der Waals surface area contributed by atoms with Crippen molar-refractivity contribution < 1.29 is 4.79 Å². The van der Waals surface area contributed by atoms with Crippen molar-refractivity contribution in [1.82, 2.24) is 19.7 Å². The number of aromatic nitrogens is 3. The lowest BCUT2D eigenvalue weighted by molar-refractivity contribution is -0.131. The van der Waals surface area contributed by atoms with Crippen LogP contribution in [0.25, 0.3) is 16.4 Å². The molecule has 0 N–H and O–H groups in total. The van der Waals surface area contributed by atoms with Crippen LogP contribution in [0.1, 0.15) is 28.1 Å². The molecule has 0 radical (unpaired) electrons. The Kier molecular flexibility index (Phi) is 5.57. The summed E-state index contributed by atoms with van der Waals surface area (Å²) in [6, 6.07) is 16.0. The Bertz CT molecular complexity index is 1290. The summed E-state index contributed by atoms with van der Waals surface area (Å²) in [6.07, 6.45) is 1.26. The molecule has 7 heteroatoms. The van der Waals surface area contributed by atoms with E-state index in [2.05, 4.69) is 18.2 Å². The van der Waals surface area contributed by atoms with Gasteiger partial charge in [-0.05, 0) is 43.5 Å². The summed E-state index contributed by atoms with van der Waals surface area (Å²) in [4.78, 5) is 19.8. The van der Waals surface area contributed by atoms with Crippen molar-refractivity contribution in [3.05, 3.63) is 87.0 Å². The van der Waals surface area contributed by atoms with Gasteiger partial charge in [-0.1, -0.05) is 48.0 Å². The fourth-order valence-electron chi connectivity index (χ4n) is 4.20. The predicted octanol–water partition coefficient (Wildman–Crippen LogP) is 5.39. The molecule has 2 aromatic heterocycles. The van der Waals surface area contributed by atoms with Gasteiger partial charge in [0.1, 0.15) is 0 Å². The smallest absolute Gasteiger partial charge is 0.227 e. The van der Waals surface area contributed by atoms with Crippen molar-refractivity contribution in [2.24, 2.45) is 0 Å². The molecule has 0 saturated carbocycles. The van der Waals surface area contributed by atoms with E-state index in [1.165, 1.54) is 22.5 Å². The van der Waals surface area contributed by atoms with Crippen LogP contribution in [0, 0.1) is 13.8 Å². The van der Waals surface area contributed by atoms with Gasteiger partial charge in [0.15, 0.2) is 0 Å². The topological polar surface area (TPSA) is 51.0 Å². The number of carbonyl (C=O) groups excluding carboxylic acids is 1. The first kappa shape index (κ1) is 20.9. The fourth-order valence-corrected chi connectivity index (χ4v) is 5.16. The average molecular weight is 463 g/mol. The number of benzene rings is 2. The number of halogens is 1. The third-order valence-corrected chi connectivity index (χ3v) is 7.13. The summed E-state index contributed by atoms with van der Waals surface area (Å²) >= 11 is 7.54. The molecule has 1 aliphatic rings. The highest BCUT2D eigenvalue weighted by molar-refractivity contribution is 7.12. The van der Waals surface area contributed by atoms with Crippen molar-refractivity contribution in [2.75, 3.05) is 6.54 Å². The number of amides is 1. The average Bonchev–Trinajstić information content (AvgIpc) is 3.40. The quantitative estimate of drug-likeness (QED) is 0.408. The second kappa shape index (κ2) is 8.52. The zero-order chi connectivity index (χ0) is 22.2. The Morgan fingerprint density at radius 3 is 2.62 bits per heavy atom. The maximum atomic E-state index is 13.1. The minimum atomic E-state index is 0.145. The number of hydrogen-bond donors (Lipinski definition) is 0. The molecule has 32 heavy (non-hydrogen) atoms. The summed E-state index contributed by atoms with van der Waals surface area (Å²) in [5, 5.41) is 8.22. The number of fused-ring (bicyclic) bond motifs is 1. The van der Waals surface area contributed by atoms with Gasteiger partial charge in [0, 0.05) is 40.3 Å². The van der Waals surface area contributed by atoms with E-state index < -0.39 is 0 Å². The van der Waals surface area contributed by atoms with Crippen LogP contribution >= 0.6 is 22.9 Å². The van der Waals surface area contributed by atoms with Gasteiger partial charge in [0.05, 0.1) is 17.8 Å². The normalized spacial score (nSPS) is 13.3. The molecule has 162 valence electrons. The summed E-state index contributed by atoms with van der Waals surface area (Å²) in [6.45, 7) is 5.42. The highest BCUT2D eigenvalue weighted by atomic mass is 35.5. The van der Waals surface area contributed by atoms with Gasteiger partial charge in [-0.2, -0.15) is 5.10 Å². The number of aryl methyl sites for hydroxylation is 1. The van der Waals surface area contributed by atoms with Crippen LogP contribution in [-0.2, 0) is 24.2 Å². The van der Waals surface area contributed by atoms with Crippen LogP contribution < -0.4 is 0 Å². The Hall–Kier alpha value is -2.96. The monoisotopic (exact) mass is 462 g/mol. The lowest BCUT2D eigenvalue weighted by Gasteiger charge is -2.29. The first-order valence-corrected chi connectivity index (χ1v) is 11.9. The van der Waals surface area contributed by atoms with Gasteiger partial charge >= 0.3 is 0 Å². The largest absolute Gasteiger partial charge is 0.338 e. The Morgan fingerprint density at radius 2 is 1.84 bits per heavy atom. The predicted molar refractivity (Wildman–Crippen MR) is 128 cm³/mol. The number of nitrogens with zero attached hydrogens (tertiary/aromatic N) is 4. The van der Waals surface area contributed by atoms with Crippen molar-refractivity contribution >= 4 is 28.8 Å². The van der Waals surface area contributed by atoms with Gasteiger partial charge in [0.2, 0.25) is 11.0 Å². The summed E-state index contributed by atoms with van der Waals surface area (Å²) in [5.41, 5.74) is 7.31. The van der Waals surface area contributed by atoms with E-state index in [0.29, 0.717) is 18.0 Å². The van der Waals surface area contributed by atoms with Crippen LogP contribution in [0.15, 0.2) is 53.9 Å². The lowest BCUT2D eigenvalue weighted by atomic mass is 9.99. The molecule has 0 fully saturated rings. The van der Waals surface area contributed by atoms with Gasteiger partial charge in [-0.3, -0.25) is 4.79 Å². The molecule has 0 spiro atoms. The zero-order valence-electron chi connectivity index (χ0n) is 18.0. The Balaban J connectivity index is 1.36. The van der Waals surface area contributed by atoms with Gasteiger partial charge in [-0.25, -0.2) is 9.67 Å². The van der Waals surface area contributed by atoms with Gasteiger partial charge in [-0.15, -0.1) is 11.3 Å². The maximum Gasteiger partial charge on any atom is 0.227 e. The molecular formula is C25H23ClN4OS. The molecule has 3 heterocycles. The second-order valence-electron chi connectivity index (χ2n) is 8.09.